The van der Waals surface area contributed by atoms with Gasteiger partial charge in [-0.05, 0) is 44.0 Å². The Bertz CT molecular complexity index is 402. The highest BCUT2D eigenvalue weighted by atomic mass is 35.5. The molecule has 1 fully saturated rings. The number of halogens is 1. The predicted molar refractivity (Wildman–Crippen MR) is 72.0 cm³/mol. The van der Waals surface area contributed by atoms with Gasteiger partial charge in [-0.25, -0.2) is 4.79 Å². The number of ether oxygens (including phenoxy) is 1. The first kappa shape index (κ1) is 13.2. The molecule has 1 aromatic rings. The summed E-state index contributed by atoms with van der Waals surface area (Å²) in [5.74, 6) is 0. The fourth-order valence-corrected chi connectivity index (χ4v) is 2.12. The molecule has 1 aliphatic rings. The Labute approximate surface area is 112 Å². The Balaban J connectivity index is 1.82. The maximum Gasteiger partial charge on any atom is 0.319 e. The molecule has 0 unspecified atom stereocenters. The molecule has 0 saturated carbocycles. The van der Waals surface area contributed by atoms with E-state index in [1.807, 2.05) is 6.92 Å². The number of amides is 2. The number of carbonyl (C=O) groups is 1. The molecular formula is C13H17ClN2O2. The SMILES string of the molecule is C[C@@H](NC(=O)Nc1ccc(Cl)cc1)[C@@H]1CCCO1. The molecule has 0 radical (unpaired) electrons. The Morgan fingerprint density at radius 2 is 2.17 bits per heavy atom. The van der Waals surface area contributed by atoms with Gasteiger partial charge < -0.3 is 15.4 Å². The number of hydrogen-bond donors (Lipinski definition) is 2. The van der Waals surface area contributed by atoms with Gasteiger partial charge in [-0.15, -0.1) is 0 Å². The van der Waals surface area contributed by atoms with Crippen LogP contribution in [0.1, 0.15) is 19.8 Å². The van der Waals surface area contributed by atoms with Crippen LogP contribution in [-0.2, 0) is 4.74 Å². The molecule has 1 heterocycles. The Kier molecular flexibility index (Phi) is 4.44. The molecule has 2 rings (SSSR count). The van der Waals surface area contributed by atoms with Crippen molar-refractivity contribution in [1.29, 1.82) is 0 Å². The largest absolute Gasteiger partial charge is 0.376 e. The van der Waals surface area contributed by atoms with Gasteiger partial charge in [0.1, 0.15) is 0 Å². The second kappa shape index (κ2) is 6.07. The van der Waals surface area contributed by atoms with Crippen LogP contribution in [0.15, 0.2) is 24.3 Å². The molecule has 2 N–H and O–H groups in total. The van der Waals surface area contributed by atoms with E-state index in [-0.39, 0.29) is 18.2 Å². The van der Waals surface area contributed by atoms with Gasteiger partial charge in [0.2, 0.25) is 0 Å². The first-order valence-electron chi connectivity index (χ1n) is 6.10. The summed E-state index contributed by atoms with van der Waals surface area (Å²) in [5.41, 5.74) is 0.719. The van der Waals surface area contributed by atoms with Crippen LogP contribution in [0.4, 0.5) is 10.5 Å². The average molecular weight is 269 g/mol. The third-order valence-corrected chi connectivity index (χ3v) is 3.24. The van der Waals surface area contributed by atoms with E-state index in [1.54, 1.807) is 24.3 Å². The van der Waals surface area contributed by atoms with E-state index in [0.29, 0.717) is 5.02 Å². The van der Waals surface area contributed by atoms with Crippen molar-refractivity contribution in [3.05, 3.63) is 29.3 Å². The van der Waals surface area contributed by atoms with Crippen molar-refractivity contribution in [2.45, 2.75) is 31.9 Å². The predicted octanol–water partition coefficient (Wildman–Crippen LogP) is 3.03. The lowest BCUT2D eigenvalue weighted by Crippen LogP contribution is -2.42. The Morgan fingerprint density at radius 1 is 1.44 bits per heavy atom. The van der Waals surface area contributed by atoms with E-state index < -0.39 is 0 Å². The third kappa shape index (κ3) is 3.62. The van der Waals surface area contributed by atoms with Crippen LogP contribution in [0, 0.1) is 0 Å². The monoisotopic (exact) mass is 268 g/mol. The first-order valence-corrected chi connectivity index (χ1v) is 6.47. The second-order valence-electron chi connectivity index (χ2n) is 4.45. The minimum atomic E-state index is -0.222. The quantitative estimate of drug-likeness (QED) is 0.885. The van der Waals surface area contributed by atoms with Crippen LogP contribution >= 0.6 is 11.6 Å². The molecule has 98 valence electrons. The van der Waals surface area contributed by atoms with Crippen molar-refractivity contribution >= 4 is 23.3 Å². The summed E-state index contributed by atoms with van der Waals surface area (Å²) in [7, 11) is 0. The summed E-state index contributed by atoms with van der Waals surface area (Å²) in [5, 5.41) is 6.28. The number of nitrogens with one attached hydrogen (secondary N) is 2. The molecule has 0 aromatic heterocycles. The zero-order valence-corrected chi connectivity index (χ0v) is 11.0. The maximum absolute atomic E-state index is 11.8. The highest BCUT2D eigenvalue weighted by molar-refractivity contribution is 6.30. The highest BCUT2D eigenvalue weighted by Crippen LogP contribution is 2.16. The lowest BCUT2D eigenvalue weighted by Gasteiger charge is -2.20. The van der Waals surface area contributed by atoms with Gasteiger partial charge in [0, 0.05) is 17.3 Å². The van der Waals surface area contributed by atoms with Gasteiger partial charge in [-0.3, -0.25) is 0 Å². The summed E-state index contributed by atoms with van der Waals surface area (Å²) in [6, 6.07) is 6.79. The molecule has 2 amide bonds. The van der Waals surface area contributed by atoms with E-state index in [1.165, 1.54) is 0 Å². The van der Waals surface area contributed by atoms with Crippen LogP contribution in [0.5, 0.6) is 0 Å². The number of carbonyl (C=O) groups excluding carboxylic acids is 1. The lowest BCUT2D eigenvalue weighted by molar-refractivity contribution is 0.0868. The van der Waals surface area contributed by atoms with Crippen molar-refractivity contribution < 1.29 is 9.53 Å². The van der Waals surface area contributed by atoms with E-state index in [2.05, 4.69) is 10.6 Å². The molecule has 4 nitrogen and oxygen atoms in total. The Morgan fingerprint density at radius 3 is 2.78 bits per heavy atom. The third-order valence-electron chi connectivity index (χ3n) is 2.98. The van der Waals surface area contributed by atoms with Crippen molar-refractivity contribution in [3.8, 4) is 0 Å². The maximum atomic E-state index is 11.8. The molecular weight excluding hydrogens is 252 g/mol. The van der Waals surface area contributed by atoms with Crippen LogP contribution in [-0.4, -0.2) is 24.8 Å². The summed E-state index contributed by atoms with van der Waals surface area (Å²) >= 11 is 5.77. The van der Waals surface area contributed by atoms with Crippen molar-refractivity contribution in [1.82, 2.24) is 5.32 Å². The summed E-state index contributed by atoms with van der Waals surface area (Å²) in [6.07, 6.45) is 2.19. The van der Waals surface area contributed by atoms with Crippen molar-refractivity contribution in [2.75, 3.05) is 11.9 Å². The van der Waals surface area contributed by atoms with E-state index >= 15 is 0 Å². The molecule has 1 saturated heterocycles. The zero-order chi connectivity index (χ0) is 13.0. The first-order chi connectivity index (χ1) is 8.65. The van der Waals surface area contributed by atoms with Crippen molar-refractivity contribution in [2.24, 2.45) is 0 Å². The molecule has 0 spiro atoms. The number of rotatable bonds is 3. The summed E-state index contributed by atoms with van der Waals surface area (Å²) in [6.45, 7) is 2.74. The molecule has 1 aromatic carbocycles. The molecule has 18 heavy (non-hydrogen) atoms. The summed E-state index contributed by atoms with van der Waals surface area (Å²) < 4.78 is 5.52. The highest BCUT2D eigenvalue weighted by Gasteiger charge is 2.23. The minimum Gasteiger partial charge on any atom is -0.376 e. The van der Waals surface area contributed by atoms with Gasteiger partial charge in [0.15, 0.2) is 0 Å². The lowest BCUT2D eigenvalue weighted by atomic mass is 10.1. The fourth-order valence-electron chi connectivity index (χ4n) is 2.00. The topological polar surface area (TPSA) is 50.4 Å². The number of hydrogen-bond acceptors (Lipinski definition) is 2. The van der Waals surface area contributed by atoms with E-state index in [4.69, 9.17) is 16.3 Å². The van der Waals surface area contributed by atoms with Gasteiger partial charge in [-0.2, -0.15) is 0 Å². The molecule has 0 aliphatic carbocycles. The van der Waals surface area contributed by atoms with Crippen LogP contribution < -0.4 is 10.6 Å². The van der Waals surface area contributed by atoms with Gasteiger partial charge in [0.25, 0.3) is 0 Å². The second-order valence-corrected chi connectivity index (χ2v) is 4.88. The van der Waals surface area contributed by atoms with Crippen LogP contribution in [0.2, 0.25) is 5.02 Å². The van der Waals surface area contributed by atoms with Crippen molar-refractivity contribution in [3.63, 3.8) is 0 Å². The molecule has 2 atom stereocenters. The normalized spacial score (nSPS) is 20.4. The van der Waals surface area contributed by atoms with Gasteiger partial charge in [0.05, 0.1) is 12.1 Å². The minimum absolute atomic E-state index is 0.0137. The van der Waals surface area contributed by atoms with Gasteiger partial charge >= 0.3 is 6.03 Å². The number of benzene rings is 1. The molecule has 5 heteroatoms. The number of urea groups is 1. The Hall–Kier alpha value is -1.26. The summed E-state index contributed by atoms with van der Waals surface area (Å²) in [4.78, 5) is 11.8. The fraction of sp³-hybridized carbons (Fsp3) is 0.462. The standard InChI is InChI=1S/C13H17ClN2O2/c1-9(12-3-2-8-18-12)15-13(17)16-11-6-4-10(14)5-7-11/h4-7,9,12H,2-3,8H2,1H3,(H2,15,16,17)/t9-,12+/m1/s1. The van der Waals surface area contributed by atoms with Crippen LogP contribution in [0.25, 0.3) is 0 Å². The smallest absolute Gasteiger partial charge is 0.319 e. The van der Waals surface area contributed by atoms with E-state index in [9.17, 15) is 4.79 Å². The van der Waals surface area contributed by atoms with Gasteiger partial charge in [-0.1, -0.05) is 11.6 Å². The number of anilines is 1. The molecule has 0 bridgehead atoms. The average Bonchev–Trinajstić information content (AvgIpc) is 2.85. The molecule has 1 aliphatic heterocycles. The van der Waals surface area contributed by atoms with Crippen LogP contribution in [0.3, 0.4) is 0 Å². The van der Waals surface area contributed by atoms with E-state index in [0.717, 1.165) is 25.1 Å². The zero-order valence-electron chi connectivity index (χ0n) is 10.3.